The third-order valence-corrected chi connectivity index (χ3v) is 4.09. The van der Waals surface area contributed by atoms with Gasteiger partial charge in [0.15, 0.2) is 5.78 Å². The highest BCUT2D eigenvalue weighted by molar-refractivity contribution is 9.10. The lowest BCUT2D eigenvalue weighted by Gasteiger charge is -2.35. The molecular weight excluding hydrogens is 346 g/mol. The highest BCUT2D eigenvalue weighted by Crippen LogP contribution is 2.24. The van der Waals surface area contributed by atoms with E-state index in [1.807, 2.05) is 32.9 Å². The maximum atomic E-state index is 12.7. The molecule has 1 aromatic rings. The van der Waals surface area contributed by atoms with Gasteiger partial charge in [0.05, 0.1) is 6.04 Å². The molecule has 0 unspecified atom stereocenters. The number of ketones is 1. The standard InChI is InChI=1S/C17H22BrNO3/c1-17(2,3)22-16(21)19-11-5-4-6-14(19)15(20)12-7-9-13(18)10-8-12/h7-10,14H,4-6,11H2,1-3H3/t14-/m0/s1. The third kappa shape index (κ3) is 4.32. The number of likely N-dealkylation sites (tertiary alicyclic amines) is 1. The van der Waals surface area contributed by atoms with Gasteiger partial charge >= 0.3 is 6.09 Å². The first-order chi connectivity index (χ1) is 10.3. The molecule has 4 nitrogen and oxygen atoms in total. The van der Waals surface area contributed by atoms with Crippen molar-refractivity contribution in [1.29, 1.82) is 0 Å². The number of carbonyl (C=O) groups is 2. The van der Waals surface area contributed by atoms with Gasteiger partial charge in [-0.05, 0) is 52.2 Å². The molecule has 1 amide bonds. The number of amides is 1. The van der Waals surface area contributed by atoms with Crippen molar-refractivity contribution >= 4 is 27.8 Å². The van der Waals surface area contributed by atoms with Crippen LogP contribution >= 0.6 is 15.9 Å². The molecule has 1 aliphatic rings. The van der Waals surface area contributed by atoms with Crippen LogP contribution in [0.5, 0.6) is 0 Å². The maximum absolute atomic E-state index is 12.7. The highest BCUT2D eigenvalue weighted by Gasteiger charge is 2.35. The van der Waals surface area contributed by atoms with Crippen molar-refractivity contribution in [1.82, 2.24) is 4.90 Å². The van der Waals surface area contributed by atoms with E-state index in [-0.39, 0.29) is 5.78 Å². The summed E-state index contributed by atoms with van der Waals surface area (Å²) in [5.41, 5.74) is 0.0726. The molecule has 1 fully saturated rings. The summed E-state index contributed by atoms with van der Waals surface area (Å²) in [5.74, 6) is -0.0157. The van der Waals surface area contributed by atoms with Crippen molar-refractivity contribution in [3.63, 3.8) is 0 Å². The maximum Gasteiger partial charge on any atom is 0.410 e. The average molecular weight is 368 g/mol. The summed E-state index contributed by atoms with van der Waals surface area (Å²) >= 11 is 3.36. The van der Waals surface area contributed by atoms with Crippen LogP contribution in [0.4, 0.5) is 4.79 Å². The molecular formula is C17H22BrNO3. The normalized spacial score (nSPS) is 18.9. The van der Waals surface area contributed by atoms with Crippen LogP contribution in [0.2, 0.25) is 0 Å². The van der Waals surface area contributed by atoms with Crippen molar-refractivity contribution in [3.8, 4) is 0 Å². The van der Waals surface area contributed by atoms with E-state index in [0.29, 0.717) is 18.5 Å². The van der Waals surface area contributed by atoms with Crippen LogP contribution in [-0.2, 0) is 4.74 Å². The monoisotopic (exact) mass is 367 g/mol. The van der Waals surface area contributed by atoms with E-state index in [9.17, 15) is 9.59 Å². The summed E-state index contributed by atoms with van der Waals surface area (Å²) in [6.07, 6.45) is 2.15. The summed E-state index contributed by atoms with van der Waals surface area (Å²) < 4.78 is 6.37. The van der Waals surface area contributed by atoms with Gasteiger partial charge in [0.1, 0.15) is 5.60 Å². The van der Waals surface area contributed by atoms with Crippen molar-refractivity contribution < 1.29 is 14.3 Å². The fourth-order valence-corrected chi connectivity index (χ4v) is 2.81. The Morgan fingerprint density at radius 1 is 1.18 bits per heavy atom. The molecule has 0 aliphatic carbocycles. The third-order valence-electron chi connectivity index (χ3n) is 3.56. The summed E-state index contributed by atoms with van der Waals surface area (Å²) in [5, 5.41) is 0. The Hall–Kier alpha value is -1.36. The number of ether oxygens (including phenoxy) is 1. The van der Waals surface area contributed by atoms with Gasteiger partial charge in [-0.2, -0.15) is 0 Å². The van der Waals surface area contributed by atoms with Gasteiger partial charge in [0.25, 0.3) is 0 Å². The van der Waals surface area contributed by atoms with Gasteiger partial charge in [0, 0.05) is 16.6 Å². The second kappa shape index (κ2) is 6.82. The Balaban J connectivity index is 2.17. The van der Waals surface area contributed by atoms with Gasteiger partial charge < -0.3 is 4.74 Å². The topological polar surface area (TPSA) is 46.6 Å². The molecule has 0 aromatic heterocycles. The van der Waals surface area contributed by atoms with Gasteiger partial charge in [-0.25, -0.2) is 4.79 Å². The van der Waals surface area contributed by atoms with E-state index in [1.165, 1.54) is 0 Å². The van der Waals surface area contributed by atoms with E-state index in [4.69, 9.17) is 4.74 Å². The SMILES string of the molecule is CC(C)(C)OC(=O)N1CCCC[C@H]1C(=O)c1ccc(Br)cc1. The molecule has 0 saturated carbocycles. The van der Waals surface area contributed by atoms with E-state index in [1.54, 1.807) is 17.0 Å². The van der Waals surface area contributed by atoms with Gasteiger partial charge in [-0.15, -0.1) is 0 Å². The summed E-state index contributed by atoms with van der Waals surface area (Å²) in [4.78, 5) is 26.7. The van der Waals surface area contributed by atoms with Crippen LogP contribution in [0.25, 0.3) is 0 Å². The van der Waals surface area contributed by atoms with Crippen LogP contribution in [0.1, 0.15) is 50.4 Å². The molecule has 1 saturated heterocycles. The number of hydrogen-bond donors (Lipinski definition) is 0. The minimum absolute atomic E-state index is 0.0157. The molecule has 0 bridgehead atoms. The van der Waals surface area contributed by atoms with E-state index in [0.717, 1.165) is 17.3 Å². The lowest BCUT2D eigenvalue weighted by Crippen LogP contribution is -2.49. The van der Waals surface area contributed by atoms with Crippen LogP contribution in [0, 0.1) is 0 Å². The number of piperidine rings is 1. The molecule has 1 heterocycles. The molecule has 0 spiro atoms. The largest absolute Gasteiger partial charge is 0.444 e. The van der Waals surface area contributed by atoms with Crippen molar-refractivity contribution in [2.45, 2.75) is 51.7 Å². The van der Waals surface area contributed by atoms with Crippen LogP contribution in [0.3, 0.4) is 0 Å². The molecule has 0 N–H and O–H groups in total. The minimum atomic E-state index is -0.556. The zero-order chi connectivity index (χ0) is 16.3. The Morgan fingerprint density at radius 2 is 1.82 bits per heavy atom. The van der Waals surface area contributed by atoms with Gasteiger partial charge in [-0.3, -0.25) is 9.69 Å². The summed E-state index contributed by atoms with van der Waals surface area (Å²) in [6.45, 7) is 6.07. The van der Waals surface area contributed by atoms with Crippen molar-refractivity contribution in [3.05, 3.63) is 34.3 Å². The molecule has 0 radical (unpaired) electrons. The molecule has 1 atom stereocenters. The van der Waals surface area contributed by atoms with E-state index < -0.39 is 17.7 Å². The Morgan fingerprint density at radius 3 is 2.41 bits per heavy atom. The second-order valence-corrected chi connectivity index (χ2v) is 7.47. The number of benzene rings is 1. The predicted molar refractivity (Wildman–Crippen MR) is 89.1 cm³/mol. The number of hydrogen-bond acceptors (Lipinski definition) is 3. The van der Waals surface area contributed by atoms with Crippen molar-refractivity contribution in [2.75, 3.05) is 6.54 Å². The Labute approximate surface area is 140 Å². The summed E-state index contributed by atoms with van der Waals surface area (Å²) in [6, 6.07) is 6.83. The Bertz CT molecular complexity index is 548. The smallest absolute Gasteiger partial charge is 0.410 e. The second-order valence-electron chi connectivity index (χ2n) is 6.56. The van der Waals surface area contributed by atoms with E-state index in [2.05, 4.69) is 15.9 Å². The zero-order valence-corrected chi connectivity index (χ0v) is 14.9. The fourth-order valence-electron chi connectivity index (χ4n) is 2.55. The molecule has 1 aliphatic heterocycles. The van der Waals surface area contributed by atoms with Gasteiger partial charge in [0.2, 0.25) is 0 Å². The first-order valence-electron chi connectivity index (χ1n) is 7.57. The molecule has 120 valence electrons. The van der Waals surface area contributed by atoms with Gasteiger partial charge in [-0.1, -0.05) is 28.1 Å². The van der Waals surface area contributed by atoms with Crippen molar-refractivity contribution in [2.24, 2.45) is 0 Å². The molecule has 22 heavy (non-hydrogen) atoms. The van der Waals surface area contributed by atoms with Crippen LogP contribution in [-0.4, -0.2) is 35.0 Å². The first-order valence-corrected chi connectivity index (χ1v) is 8.36. The van der Waals surface area contributed by atoms with E-state index >= 15 is 0 Å². The lowest BCUT2D eigenvalue weighted by atomic mass is 9.95. The first kappa shape index (κ1) is 17.0. The lowest BCUT2D eigenvalue weighted by molar-refractivity contribution is 0.0105. The zero-order valence-electron chi connectivity index (χ0n) is 13.3. The molecule has 2 rings (SSSR count). The number of halogens is 1. The predicted octanol–water partition coefficient (Wildman–Crippen LogP) is 4.42. The number of rotatable bonds is 2. The Kier molecular flexibility index (Phi) is 5.27. The van der Waals surface area contributed by atoms with Crippen LogP contribution in [0.15, 0.2) is 28.7 Å². The quantitative estimate of drug-likeness (QED) is 0.726. The minimum Gasteiger partial charge on any atom is -0.444 e. The average Bonchev–Trinajstić information content (AvgIpc) is 2.45. The molecule has 5 heteroatoms. The van der Waals surface area contributed by atoms with Crippen LogP contribution < -0.4 is 0 Å². The number of carbonyl (C=O) groups excluding carboxylic acids is 2. The number of Topliss-reactive ketones (excluding diaryl/α,β-unsaturated/α-hetero) is 1. The molecule has 1 aromatic carbocycles. The summed E-state index contributed by atoms with van der Waals surface area (Å²) in [7, 11) is 0. The highest BCUT2D eigenvalue weighted by atomic mass is 79.9. The number of nitrogens with zero attached hydrogens (tertiary/aromatic N) is 1. The fraction of sp³-hybridized carbons (Fsp3) is 0.529.